The van der Waals surface area contributed by atoms with Crippen LogP contribution in [0.4, 0.5) is 11.5 Å². The minimum atomic E-state index is -0.647. The molecule has 5 heteroatoms. The number of rotatable bonds is 2. The number of pyridine rings is 1. The fourth-order valence-corrected chi connectivity index (χ4v) is 2.39. The van der Waals surface area contributed by atoms with Crippen molar-refractivity contribution in [1.29, 1.82) is 0 Å². The number of benzene rings is 1. The highest BCUT2D eigenvalue weighted by molar-refractivity contribution is 5.93. The van der Waals surface area contributed by atoms with E-state index in [9.17, 15) is 4.79 Å². The normalized spacial score (nSPS) is 20.4. The van der Waals surface area contributed by atoms with Gasteiger partial charge in [-0.15, -0.1) is 0 Å². The van der Waals surface area contributed by atoms with Gasteiger partial charge in [0.25, 0.3) is 0 Å². The molecule has 1 aromatic carbocycles. The molecule has 24 heavy (non-hydrogen) atoms. The Morgan fingerprint density at radius 1 is 1.25 bits per heavy atom. The van der Waals surface area contributed by atoms with Crippen molar-refractivity contribution in [2.45, 2.75) is 12.8 Å². The largest absolute Gasteiger partial charge is 0.384 e. The molecule has 0 spiro atoms. The van der Waals surface area contributed by atoms with Gasteiger partial charge in [-0.25, -0.2) is 4.98 Å². The minimum Gasteiger partial charge on any atom is -0.384 e. The standard InChI is InChI=1S/C19H19N3O2/c20-18-9-8-17(22-19(23)15-10-12-24-13-11-15)16(21-18)7-6-14-4-2-1-3-5-14/h1-5,8-9,15H,10-13H2,(H2,20,21)(H,22,23)/i12D. The van der Waals surface area contributed by atoms with Crippen LogP contribution in [-0.2, 0) is 9.53 Å². The van der Waals surface area contributed by atoms with Gasteiger partial charge in [0.1, 0.15) is 11.5 Å². The van der Waals surface area contributed by atoms with Crippen LogP contribution in [0.2, 0.25) is 0 Å². The highest BCUT2D eigenvalue weighted by atomic mass is 16.5. The van der Waals surface area contributed by atoms with Gasteiger partial charge in [-0.1, -0.05) is 24.1 Å². The van der Waals surface area contributed by atoms with Crippen molar-refractivity contribution in [3.8, 4) is 11.8 Å². The van der Waals surface area contributed by atoms with Crippen molar-refractivity contribution in [2.75, 3.05) is 24.2 Å². The molecule has 0 radical (unpaired) electrons. The first-order chi connectivity index (χ1) is 12.1. The lowest BCUT2D eigenvalue weighted by Gasteiger charge is -2.21. The van der Waals surface area contributed by atoms with Crippen molar-refractivity contribution < 1.29 is 10.9 Å². The Morgan fingerprint density at radius 3 is 2.88 bits per heavy atom. The SMILES string of the molecule is [2H]C1CC(C(=O)Nc2ccc(N)nc2C#Cc2ccccc2)CCO1. The summed E-state index contributed by atoms with van der Waals surface area (Å²) in [6.07, 6.45) is 0.994. The number of carbonyl (C=O) groups is 1. The van der Waals surface area contributed by atoms with E-state index in [4.69, 9.17) is 11.8 Å². The van der Waals surface area contributed by atoms with E-state index in [0.717, 1.165) is 5.56 Å². The van der Waals surface area contributed by atoms with Gasteiger partial charge >= 0.3 is 0 Å². The van der Waals surface area contributed by atoms with E-state index in [0.29, 0.717) is 36.6 Å². The van der Waals surface area contributed by atoms with Crippen molar-refractivity contribution in [3.63, 3.8) is 0 Å². The molecule has 1 amide bonds. The highest BCUT2D eigenvalue weighted by Crippen LogP contribution is 2.20. The lowest BCUT2D eigenvalue weighted by atomic mass is 9.99. The van der Waals surface area contributed by atoms with Gasteiger partial charge in [-0.05, 0) is 43.0 Å². The molecule has 1 aliphatic rings. The maximum atomic E-state index is 12.5. The molecule has 0 bridgehead atoms. The van der Waals surface area contributed by atoms with Gasteiger partial charge in [0.15, 0.2) is 0 Å². The monoisotopic (exact) mass is 322 g/mol. The number of aromatic nitrogens is 1. The third-order valence-electron chi connectivity index (χ3n) is 3.73. The number of nitrogens with two attached hydrogens (primary N) is 1. The zero-order valence-corrected chi connectivity index (χ0v) is 13.2. The molecule has 5 nitrogen and oxygen atoms in total. The topological polar surface area (TPSA) is 77.2 Å². The quantitative estimate of drug-likeness (QED) is 0.833. The molecule has 2 unspecified atom stereocenters. The summed E-state index contributed by atoms with van der Waals surface area (Å²) >= 11 is 0. The molecule has 2 heterocycles. The lowest BCUT2D eigenvalue weighted by Crippen LogP contribution is -2.28. The highest BCUT2D eigenvalue weighted by Gasteiger charge is 2.22. The van der Waals surface area contributed by atoms with Gasteiger partial charge in [0, 0.05) is 24.7 Å². The predicted octanol–water partition coefficient (Wildman–Crippen LogP) is 2.43. The summed E-state index contributed by atoms with van der Waals surface area (Å²) in [5, 5.41) is 2.87. The Hall–Kier alpha value is -2.84. The van der Waals surface area contributed by atoms with Crippen LogP contribution in [0.25, 0.3) is 0 Å². The molecular weight excluding hydrogens is 302 g/mol. The second-order valence-electron chi connectivity index (χ2n) is 5.50. The molecule has 3 rings (SSSR count). The van der Waals surface area contributed by atoms with Gasteiger partial charge in [0.05, 0.1) is 7.06 Å². The molecule has 1 saturated heterocycles. The van der Waals surface area contributed by atoms with E-state index in [2.05, 4.69) is 22.1 Å². The van der Waals surface area contributed by atoms with E-state index >= 15 is 0 Å². The molecule has 1 aliphatic heterocycles. The summed E-state index contributed by atoms with van der Waals surface area (Å²) in [5.41, 5.74) is 7.55. The molecule has 0 saturated carbocycles. The van der Waals surface area contributed by atoms with E-state index in [1.165, 1.54) is 0 Å². The molecule has 1 fully saturated rings. The number of hydrogen-bond acceptors (Lipinski definition) is 4. The first-order valence-corrected chi connectivity index (χ1v) is 7.80. The Balaban J connectivity index is 1.80. The first kappa shape index (κ1) is 14.7. The average Bonchev–Trinajstić information content (AvgIpc) is 2.62. The number of carbonyl (C=O) groups excluding carboxylic acids is 1. The maximum Gasteiger partial charge on any atom is 0.227 e. The molecule has 2 aromatic rings. The Morgan fingerprint density at radius 2 is 2.08 bits per heavy atom. The van der Waals surface area contributed by atoms with Gasteiger partial charge < -0.3 is 15.8 Å². The summed E-state index contributed by atoms with van der Waals surface area (Å²) in [4.78, 5) is 16.7. The van der Waals surface area contributed by atoms with Crippen LogP contribution in [0.3, 0.4) is 0 Å². The number of nitrogens with zero attached hydrogens (tertiary/aromatic N) is 1. The molecule has 2 atom stereocenters. The summed E-state index contributed by atoms with van der Waals surface area (Å²) in [5.74, 6) is 5.94. The van der Waals surface area contributed by atoms with Crippen LogP contribution >= 0.6 is 0 Å². The number of nitrogen functional groups attached to an aromatic ring is 1. The van der Waals surface area contributed by atoms with Crippen molar-refractivity contribution in [3.05, 3.63) is 53.7 Å². The average molecular weight is 322 g/mol. The number of anilines is 2. The van der Waals surface area contributed by atoms with Gasteiger partial charge in [-0.2, -0.15) is 0 Å². The van der Waals surface area contributed by atoms with Crippen LogP contribution in [-0.4, -0.2) is 24.1 Å². The number of nitrogens with one attached hydrogen (secondary N) is 1. The summed E-state index contributed by atoms with van der Waals surface area (Å²) in [6, 6.07) is 12.8. The van der Waals surface area contributed by atoms with E-state index in [-0.39, 0.29) is 11.8 Å². The first-order valence-electron chi connectivity index (χ1n) is 8.38. The second kappa shape index (κ2) is 7.62. The zero-order chi connectivity index (χ0) is 17.6. The zero-order valence-electron chi connectivity index (χ0n) is 14.2. The summed E-state index contributed by atoms with van der Waals surface area (Å²) in [7, 11) is 0. The smallest absolute Gasteiger partial charge is 0.227 e. The summed E-state index contributed by atoms with van der Waals surface area (Å²) in [6.45, 7) is -0.223. The second-order valence-corrected chi connectivity index (χ2v) is 5.50. The number of amides is 1. The van der Waals surface area contributed by atoms with E-state index in [1.807, 2.05) is 30.3 Å². The molecule has 0 aliphatic carbocycles. The Labute approximate surface area is 142 Å². The van der Waals surface area contributed by atoms with Crippen LogP contribution in [0, 0.1) is 17.8 Å². The van der Waals surface area contributed by atoms with Gasteiger partial charge in [0.2, 0.25) is 5.91 Å². The third kappa shape index (κ3) is 4.12. The molecule has 122 valence electrons. The third-order valence-corrected chi connectivity index (χ3v) is 3.73. The van der Waals surface area contributed by atoms with Crippen molar-refractivity contribution >= 4 is 17.4 Å². The molecule has 3 N–H and O–H groups in total. The summed E-state index contributed by atoms with van der Waals surface area (Å²) < 4.78 is 12.8. The number of hydrogen-bond donors (Lipinski definition) is 2. The fourth-order valence-electron chi connectivity index (χ4n) is 2.39. The van der Waals surface area contributed by atoms with Crippen molar-refractivity contribution in [1.82, 2.24) is 4.98 Å². The van der Waals surface area contributed by atoms with E-state index in [1.54, 1.807) is 12.1 Å². The van der Waals surface area contributed by atoms with Crippen molar-refractivity contribution in [2.24, 2.45) is 5.92 Å². The Kier molecular flexibility index (Phi) is 4.68. The van der Waals surface area contributed by atoms with Crippen LogP contribution in [0.5, 0.6) is 0 Å². The minimum absolute atomic E-state index is 0.144. The van der Waals surface area contributed by atoms with Crippen LogP contribution in [0.1, 0.15) is 25.5 Å². The lowest BCUT2D eigenvalue weighted by molar-refractivity contribution is -0.122. The Bertz CT molecular complexity index is 814. The van der Waals surface area contributed by atoms with Crippen LogP contribution < -0.4 is 11.1 Å². The molecule has 1 aromatic heterocycles. The predicted molar refractivity (Wildman–Crippen MR) is 93.2 cm³/mol. The van der Waals surface area contributed by atoms with Crippen LogP contribution in [0.15, 0.2) is 42.5 Å². The van der Waals surface area contributed by atoms with E-state index < -0.39 is 6.58 Å². The van der Waals surface area contributed by atoms with Gasteiger partial charge in [-0.3, -0.25) is 4.79 Å². The number of ether oxygens (including phenoxy) is 1. The fraction of sp³-hybridized carbons (Fsp3) is 0.263. The molecular formula is C19H19N3O2. The maximum absolute atomic E-state index is 12.5.